The van der Waals surface area contributed by atoms with E-state index in [1.165, 1.54) is 32.1 Å². The van der Waals surface area contributed by atoms with E-state index in [0.717, 1.165) is 43.5 Å². The van der Waals surface area contributed by atoms with Crippen LogP contribution in [0.5, 0.6) is 0 Å². The molecule has 1 amide bonds. The van der Waals surface area contributed by atoms with Crippen molar-refractivity contribution in [2.75, 3.05) is 11.9 Å². The molecule has 3 heteroatoms. The highest BCUT2D eigenvalue weighted by Gasteiger charge is 2.26. The highest BCUT2D eigenvalue weighted by atomic mass is 79.9. The number of amides is 1. The summed E-state index contributed by atoms with van der Waals surface area (Å²) in [6, 6.07) is 0. The van der Waals surface area contributed by atoms with Crippen LogP contribution in [0.1, 0.15) is 71.6 Å². The van der Waals surface area contributed by atoms with Gasteiger partial charge in [-0.05, 0) is 43.9 Å². The zero-order valence-corrected chi connectivity index (χ0v) is 14.9. The zero-order valence-electron chi connectivity index (χ0n) is 13.3. The van der Waals surface area contributed by atoms with E-state index in [-0.39, 0.29) is 5.92 Å². The van der Waals surface area contributed by atoms with Gasteiger partial charge < -0.3 is 5.32 Å². The summed E-state index contributed by atoms with van der Waals surface area (Å²) in [6.45, 7) is 5.32. The maximum Gasteiger partial charge on any atom is 0.223 e. The van der Waals surface area contributed by atoms with Crippen LogP contribution >= 0.6 is 15.9 Å². The molecule has 1 unspecified atom stereocenters. The Balaban J connectivity index is 2.21. The first-order valence-corrected chi connectivity index (χ1v) is 9.67. The summed E-state index contributed by atoms with van der Waals surface area (Å²) >= 11 is 3.49. The fourth-order valence-electron chi connectivity index (χ4n) is 3.20. The minimum absolute atomic E-state index is 0.286. The molecular weight excluding hydrogens is 314 g/mol. The van der Waals surface area contributed by atoms with Crippen LogP contribution in [0.4, 0.5) is 0 Å². The van der Waals surface area contributed by atoms with Crippen molar-refractivity contribution in [3.63, 3.8) is 0 Å². The summed E-state index contributed by atoms with van der Waals surface area (Å²) in [4.78, 5) is 12.2. The molecule has 20 heavy (non-hydrogen) atoms. The van der Waals surface area contributed by atoms with Gasteiger partial charge in [0.2, 0.25) is 5.91 Å². The molecule has 0 aromatic heterocycles. The van der Waals surface area contributed by atoms with Crippen LogP contribution in [-0.2, 0) is 4.79 Å². The number of carbonyl (C=O) groups excluding carboxylic acids is 1. The fourth-order valence-corrected chi connectivity index (χ4v) is 3.85. The van der Waals surface area contributed by atoms with Gasteiger partial charge >= 0.3 is 0 Å². The lowest BCUT2D eigenvalue weighted by atomic mass is 9.79. The second-order valence-electron chi connectivity index (χ2n) is 6.36. The highest BCUT2D eigenvalue weighted by Crippen LogP contribution is 2.32. The lowest BCUT2D eigenvalue weighted by Crippen LogP contribution is -2.36. The Labute approximate surface area is 133 Å². The molecule has 2 nitrogen and oxygen atoms in total. The van der Waals surface area contributed by atoms with Gasteiger partial charge in [-0.2, -0.15) is 0 Å². The number of alkyl halides is 1. The van der Waals surface area contributed by atoms with Crippen LogP contribution < -0.4 is 5.32 Å². The molecule has 0 aromatic rings. The first kappa shape index (κ1) is 18.0. The number of unbranched alkanes of at least 4 members (excludes halogenated alkanes) is 1. The van der Waals surface area contributed by atoms with Crippen LogP contribution in [0.3, 0.4) is 0 Å². The van der Waals surface area contributed by atoms with Crippen molar-refractivity contribution in [2.45, 2.75) is 71.6 Å². The fraction of sp³-hybridized carbons (Fsp3) is 0.941. The van der Waals surface area contributed by atoms with Crippen molar-refractivity contribution in [2.24, 2.45) is 17.8 Å². The van der Waals surface area contributed by atoms with Crippen LogP contribution in [0.15, 0.2) is 0 Å². The second-order valence-corrected chi connectivity index (χ2v) is 7.15. The molecule has 1 N–H and O–H groups in total. The van der Waals surface area contributed by atoms with Crippen molar-refractivity contribution >= 4 is 21.8 Å². The smallest absolute Gasteiger partial charge is 0.223 e. The van der Waals surface area contributed by atoms with Crippen molar-refractivity contribution < 1.29 is 4.79 Å². The average molecular weight is 346 g/mol. The molecule has 1 aliphatic rings. The van der Waals surface area contributed by atoms with E-state index >= 15 is 0 Å². The predicted molar refractivity (Wildman–Crippen MR) is 90.2 cm³/mol. The van der Waals surface area contributed by atoms with Gasteiger partial charge in [-0.15, -0.1) is 0 Å². The third-order valence-electron chi connectivity index (χ3n) is 4.84. The van der Waals surface area contributed by atoms with E-state index < -0.39 is 0 Å². The van der Waals surface area contributed by atoms with Gasteiger partial charge in [0.15, 0.2) is 0 Å². The van der Waals surface area contributed by atoms with E-state index in [2.05, 4.69) is 35.1 Å². The van der Waals surface area contributed by atoms with E-state index in [0.29, 0.717) is 11.8 Å². The standard InChI is InChI=1S/C17H32BrNO/c1-3-5-6-15-7-9-16(10-8-15)17(20)19-13-14(4-2)11-12-18/h14-16H,3-13H2,1-2H3,(H,19,20). The van der Waals surface area contributed by atoms with Crippen LogP contribution in [0.2, 0.25) is 0 Å². The van der Waals surface area contributed by atoms with Gasteiger partial charge in [-0.3, -0.25) is 4.79 Å². The van der Waals surface area contributed by atoms with Gasteiger partial charge in [-0.1, -0.05) is 55.5 Å². The van der Waals surface area contributed by atoms with E-state index in [9.17, 15) is 4.79 Å². The van der Waals surface area contributed by atoms with Crippen LogP contribution in [0.25, 0.3) is 0 Å². The van der Waals surface area contributed by atoms with Gasteiger partial charge in [0.05, 0.1) is 0 Å². The van der Waals surface area contributed by atoms with E-state index in [1.807, 2.05) is 0 Å². The zero-order chi connectivity index (χ0) is 14.8. The number of hydrogen-bond donors (Lipinski definition) is 1. The number of nitrogens with one attached hydrogen (secondary N) is 1. The van der Waals surface area contributed by atoms with E-state index in [4.69, 9.17) is 0 Å². The maximum atomic E-state index is 12.2. The number of hydrogen-bond acceptors (Lipinski definition) is 1. The minimum Gasteiger partial charge on any atom is -0.356 e. The van der Waals surface area contributed by atoms with Crippen molar-refractivity contribution in [1.29, 1.82) is 0 Å². The van der Waals surface area contributed by atoms with Crippen LogP contribution in [0, 0.1) is 17.8 Å². The van der Waals surface area contributed by atoms with E-state index in [1.54, 1.807) is 0 Å². The Morgan fingerprint density at radius 2 is 1.95 bits per heavy atom. The molecule has 1 atom stereocenters. The van der Waals surface area contributed by atoms with Gasteiger partial charge in [0.25, 0.3) is 0 Å². The lowest BCUT2D eigenvalue weighted by molar-refractivity contribution is -0.126. The Morgan fingerprint density at radius 3 is 2.50 bits per heavy atom. The molecule has 1 rings (SSSR count). The Bertz CT molecular complexity index is 262. The number of carbonyl (C=O) groups is 1. The molecule has 0 heterocycles. The maximum absolute atomic E-state index is 12.2. The quantitative estimate of drug-likeness (QED) is 0.591. The van der Waals surface area contributed by atoms with Gasteiger partial charge in [-0.25, -0.2) is 0 Å². The van der Waals surface area contributed by atoms with Crippen molar-refractivity contribution in [1.82, 2.24) is 5.32 Å². The molecule has 0 aromatic carbocycles. The lowest BCUT2D eigenvalue weighted by Gasteiger charge is -2.28. The summed E-state index contributed by atoms with van der Waals surface area (Å²) in [6.07, 6.45) is 11.1. The average Bonchev–Trinajstić information content (AvgIpc) is 2.49. The van der Waals surface area contributed by atoms with Crippen molar-refractivity contribution in [3.05, 3.63) is 0 Å². The van der Waals surface area contributed by atoms with Gasteiger partial charge in [0.1, 0.15) is 0 Å². The summed E-state index contributed by atoms with van der Waals surface area (Å²) in [5, 5.41) is 4.22. The molecule has 1 aliphatic carbocycles. The predicted octanol–water partition coefficient (Wildman–Crippen LogP) is 4.91. The molecule has 0 radical (unpaired) electrons. The number of rotatable bonds is 9. The summed E-state index contributed by atoms with van der Waals surface area (Å²) in [5.41, 5.74) is 0. The summed E-state index contributed by atoms with van der Waals surface area (Å²) in [7, 11) is 0. The Kier molecular flexibility index (Phi) is 9.58. The first-order chi connectivity index (χ1) is 9.71. The largest absolute Gasteiger partial charge is 0.356 e. The van der Waals surface area contributed by atoms with Crippen molar-refractivity contribution in [3.8, 4) is 0 Å². The third-order valence-corrected chi connectivity index (χ3v) is 5.30. The summed E-state index contributed by atoms with van der Waals surface area (Å²) in [5.74, 6) is 2.11. The topological polar surface area (TPSA) is 29.1 Å². The Hall–Kier alpha value is -0.0500. The molecule has 118 valence electrons. The Morgan fingerprint density at radius 1 is 1.25 bits per heavy atom. The highest BCUT2D eigenvalue weighted by molar-refractivity contribution is 9.09. The molecule has 0 aliphatic heterocycles. The monoisotopic (exact) mass is 345 g/mol. The van der Waals surface area contributed by atoms with Crippen LogP contribution in [-0.4, -0.2) is 17.8 Å². The normalized spacial score (nSPS) is 24.4. The third kappa shape index (κ3) is 6.60. The minimum atomic E-state index is 0.286. The molecule has 0 spiro atoms. The molecule has 1 fully saturated rings. The summed E-state index contributed by atoms with van der Waals surface area (Å²) < 4.78 is 0. The molecule has 1 saturated carbocycles. The second kappa shape index (κ2) is 10.6. The molecule has 0 bridgehead atoms. The van der Waals surface area contributed by atoms with Gasteiger partial charge in [0, 0.05) is 17.8 Å². The molecule has 0 saturated heterocycles. The SMILES string of the molecule is CCCCC1CCC(C(=O)NCC(CC)CCBr)CC1. The molecular formula is C17H32BrNO. The number of halogens is 1. The first-order valence-electron chi connectivity index (χ1n) is 8.54.